The first-order valence-electron chi connectivity index (χ1n) is 9.19. The number of carbonyl (C=O) groups excluding carboxylic acids is 1. The summed E-state index contributed by atoms with van der Waals surface area (Å²) in [6.45, 7) is 1.40. The zero-order chi connectivity index (χ0) is 19.0. The van der Waals surface area contributed by atoms with Crippen molar-refractivity contribution in [2.75, 3.05) is 6.54 Å². The first-order chi connectivity index (χ1) is 12.9. The summed E-state index contributed by atoms with van der Waals surface area (Å²) in [5.41, 5.74) is 1.79. The van der Waals surface area contributed by atoms with Crippen molar-refractivity contribution < 1.29 is 18.0 Å². The Kier molecular flexibility index (Phi) is 6.00. The Morgan fingerprint density at radius 2 is 2.00 bits per heavy atom. The fourth-order valence-electron chi connectivity index (χ4n) is 4.23. The lowest BCUT2D eigenvalue weighted by Gasteiger charge is -2.24. The van der Waals surface area contributed by atoms with E-state index in [1.165, 1.54) is 12.1 Å². The molecule has 28 heavy (non-hydrogen) atoms. The van der Waals surface area contributed by atoms with Gasteiger partial charge in [0.25, 0.3) is 5.91 Å². The second-order valence-electron chi connectivity index (χ2n) is 7.16. The molecule has 1 saturated carbocycles. The van der Waals surface area contributed by atoms with Gasteiger partial charge in [0.05, 0.1) is 5.56 Å². The van der Waals surface area contributed by atoms with Crippen LogP contribution in [0.25, 0.3) is 0 Å². The van der Waals surface area contributed by atoms with Crippen molar-refractivity contribution in [1.82, 2.24) is 20.8 Å². The lowest BCUT2D eigenvalue weighted by atomic mass is 9.89. The second kappa shape index (κ2) is 8.13. The summed E-state index contributed by atoms with van der Waals surface area (Å²) in [5.74, 6) is -0.669. The van der Waals surface area contributed by atoms with E-state index in [0.29, 0.717) is 25.1 Å². The fraction of sp³-hybridized carbons (Fsp3) is 0.474. The Bertz CT molecular complexity index is 852. The minimum Gasteiger partial charge on any atom is -0.347 e. The molecule has 1 fully saturated rings. The zero-order valence-electron chi connectivity index (χ0n) is 15.1. The van der Waals surface area contributed by atoms with E-state index in [-0.39, 0.29) is 35.8 Å². The predicted octanol–water partition coefficient (Wildman–Crippen LogP) is 3.56. The van der Waals surface area contributed by atoms with Crippen LogP contribution in [0.4, 0.5) is 13.2 Å². The maximum Gasteiger partial charge on any atom is 0.416 e. The number of fused-ring (bicyclic) bond motifs is 1. The maximum absolute atomic E-state index is 13.4. The van der Waals surface area contributed by atoms with Crippen LogP contribution in [-0.2, 0) is 19.1 Å². The molecule has 2 aliphatic rings. The summed E-state index contributed by atoms with van der Waals surface area (Å²) in [4.78, 5) is 12.7. The summed E-state index contributed by atoms with van der Waals surface area (Å²) >= 11 is 0. The number of rotatable bonds is 3. The van der Waals surface area contributed by atoms with Crippen LogP contribution in [0.1, 0.15) is 58.1 Å². The van der Waals surface area contributed by atoms with E-state index in [1.54, 1.807) is 6.07 Å². The number of aromatic nitrogens is 2. The molecule has 1 aromatic carbocycles. The monoisotopic (exact) mass is 414 g/mol. The van der Waals surface area contributed by atoms with E-state index in [2.05, 4.69) is 20.8 Å². The molecule has 2 atom stereocenters. The molecule has 1 aliphatic carbocycles. The number of H-pyrrole nitrogens is 1. The molecule has 152 valence electrons. The third-order valence-corrected chi connectivity index (χ3v) is 5.52. The number of benzene rings is 1. The highest BCUT2D eigenvalue weighted by Gasteiger charge is 2.39. The van der Waals surface area contributed by atoms with Crippen molar-refractivity contribution in [2.24, 2.45) is 0 Å². The highest BCUT2D eigenvalue weighted by molar-refractivity contribution is 5.94. The van der Waals surface area contributed by atoms with E-state index in [1.807, 2.05) is 0 Å². The Morgan fingerprint density at radius 3 is 2.79 bits per heavy atom. The second-order valence-corrected chi connectivity index (χ2v) is 7.16. The van der Waals surface area contributed by atoms with Gasteiger partial charge in [-0.3, -0.25) is 9.89 Å². The van der Waals surface area contributed by atoms with Gasteiger partial charge < -0.3 is 10.6 Å². The van der Waals surface area contributed by atoms with Crippen molar-refractivity contribution >= 4 is 18.3 Å². The average molecular weight is 415 g/mol. The first kappa shape index (κ1) is 20.7. The van der Waals surface area contributed by atoms with Gasteiger partial charge in [-0.25, -0.2) is 0 Å². The van der Waals surface area contributed by atoms with Gasteiger partial charge in [0, 0.05) is 42.7 Å². The van der Waals surface area contributed by atoms with Crippen molar-refractivity contribution in [2.45, 2.75) is 50.4 Å². The number of nitrogens with one attached hydrogen (secondary N) is 3. The van der Waals surface area contributed by atoms with Gasteiger partial charge in [-0.2, -0.15) is 18.3 Å². The summed E-state index contributed by atoms with van der Waals surface area (Å²) in [7, 11) is 0. The molecular formula is C19H22ClF3N4O. The largest absolute Gasteiger partial charge is 0.416 e. The number of hydrogen-bond acceptors (Lipinski definition) is 3. The molecule has 0 spiro atoms. The Hall–Kier alpha value is -2.06. The first-order valence-corrected chi connectivity index (χ1v) is 9.19. The van der Waals surface area contributed by atoms with Gasteiger partial charge in [-0.1, -0.05) is 24.6 Å². The van der Waals surface area contributed by atoms with Gasteiger partial charge in [0.15, 0.2) is 5.69 Å². The molecule has 1 aliphatic heterocycles. The third-order valence-electron chi connectivity index (χ3n) is 5.52. The normalized spacial score (nSPS) is 21.7. The van der Waals surface area contributed by atoms with E-state index < -0.39 is 11.7 Å². The topological polar surface area (TPSA) is 69.8 Å². The van der Waals surface area contributed by atoms with Crippen LogP contribution in [0.5, 0.6) is 0 Å². The molecule has 4 rings (SSSR count). The fourth-order valence-corrected chi connectivity index (χ4v) is 4.23. The summed E-state index contributed by atoms with van der Waals surface area (Å²) in [5, 5.41) is 13.2. The average Bonchev–Trinajstić information content (AvgIpc) is 3.27. The van der Waals surface area contributed by atoms with Crippen molar-refractivity contribution in [3.63, 3.8) is 0 Å². The zero-order valence-corrected chi connectivity index (χ0v) is 15.9. The Labute approximate surface area is 166 Å². The molecule has 2 heterocycles. The number of nitrogens with zero attached hydrogens (tertiary/aromatic N) is 1. The van der Waals surface area contributed by atoms with Crippen molar-refractivity contribution in [3.8, 4) is 0 Å². The molecule has 1 amide bonds. The molecule has 0 radical (unpaired) electrons. The number of hydrogen-bond donors (Lipinski definition) is 3. The smallest absolute Gasteiger partial charge is 0.347 e. The molecular weight excluding hydrogens is 393 g/mol. The molecule has 2 aromatic rings. The number of halogens is 4. The molecule has 0 saturated heterocycles. The number of alkyl halides is 3. The SMILES string of the molecule is Cl.O=C(NC1CCCC1c1ccccc1C(F)(F)F)c1n[nH]c2c1CNCC2. The predicted molar refractivity (Wildman–Crippen MR) is 101 cm³/mol. The minimum atomic E-state index is -4.40. The van der Waals surface area contributed by atoms with Gasteiger partial charge in [-0.15, -0.1) is 12.4 Å². The minimum absolute atomic E-state index is 0. The highest BCUT2D eigenvalue weighted by Crippen LogP contribution is 2.41. The van der Waals surface area contributed by atoms with Gasteiger partial charge in [0.2, 0.25) is 0 Å². The van der Waals surface area contributed by atoms with Crippen LogP contribution in [-0.4, -0.2) is 28.7 Å². The highest BCUT2D eigenvalue weighted by atomic mass is 35.5. The van der Waals surface area contributed by atoms with Gasteiger partial charge >= 0.3 is 6.18 Å². The lowest BCUT2D eigenvalue weighted by Crippen LogP contribution is -2.38. The maximum atomic E-state index is 13.4. The van der Waals surface area contributed by atoms with Crippen LogP contribution in [0, 0.1) is 0 Å². The molecule has 3 N–H and O–H groups in total. The Balaban J connectivity index is 0.00000225. The standard InChI is InChI=1S/C19H21F3N4O.ClH/c20-19(21,22)14-6-2-1-4-11(14)12-5-3-7-15(12)24-18(27)17-13-10-23-9-8-16(13)25-26-17;/h1-2,4,6,12,15,23H,3,5,7-10H2,(H,24,27)(H,25,26);1H. The third kappa shape index (κ3) is 3.89. The van der Waals surface area contributed by atoms with E-state index in [0.717, 1.165) is 36.7 Å². The van der Waals surface area contributed by atoms with Crippen LogP contribution in [0.2, 0.25) is 0 Å². The van der Waals surface area contributed by atoms with Crippen LogP contribution in [0.3, 0.4) is 0 Å². The summed E-state index contributed by atoms with van der Waals surface area (Å²) in [6.07, 6.45) is -1.56. The molecule has 0 bridgehead atoms. The van der Waals surface area contributed by atoms with Gasteiger partial charge in [0.1, 0.15) is 0 Å². The van der Waals surface area contributed by atoms with Crippen LogP contribution >= 0.6 is 12.4 Å². The van der Waals surface area contributed by atoms with E-state index in [9.17, 15) is 18.0 Å². The van der Waals surface area contributed by atoms with Crippen molar-refractivity contribution in [1.29, 1.82) is 0 Å². The molecule has 1 aromatic heterocycles. The number of aromatic amines is 1. The summed E-state index contributed by atoms with van der Waals surface area (Å²) < 4.78 is 40.2. The molecule has 5 nitrogen and oxygen atoms in total. The summed E-state index contributed by atoms with van der Waals surface area (Å²) in [6, 6.07) is 5.33. The molecule has 2 unspecified atom stereocenters. The number of carbonyl (C=O) groups is 1. The van der Waals surface area contributed by atoms with Gasteiger partial charge in [-0.05, 0) is 24.5 Å². The van der Waals surface area contributed by atoms with Crippen molar-refractivity contribution in [3.05, 3.63) is 52.3 Å². The Morgan fingerprint density at radius 1 is 1.21 bits per heavy atom. The van der Waals surface area contributed by atoms with Crippen LogP contribution < -0.4 is 10.6 Å². The van der Waals surface area contributed by atoms with Crippen LogP contribution in [0.15, 0.2) is 24.3 Å². The van der Waals surface area contributed by atoms with E-state index in [4.69, 9.17) is 0 Å². The quantitative estimate of drug-likeness (QED) is 0.719. The van der Waals surface area contributed by atoms with E-state index >= 15 is 0 Å². The lowest BCUT2D eigenvalue weighted by molar-refractivity contribution is -0.138. The molecule has 9 heteroatoms. The number of amides is 1.